The SMILES string of the molecule is CC1(C)C[C@@H]2CC(=O)C1[C@@H](CS(N)(=O)=O)C2. The van der Waals surface area contributed by atoms with Crippen molar-refractivity contribution in [2.24, 2.45) is 28.3 Å². The van der Waals surface area contributed by atoms with Crippen molar-refractivity contribution < 1.29 is 13.2 Å². The van der Waals surface area contributed by atoms with Crippen LogP contribution in [0.15, 0.2) is 0 Å². The zero-order valence-electron chi connectivity index (χ0n) is 9.77. The molecular weight excluding hydrogens is 226 g/mol. The van der Waals surface area contributed by atoms with Gasteiger partial charge in [-0.25, -0.2) is 13.6 Å². The summed E-state index contributed by atoms with van der Waals surface area (Å²) in [6.07, 6.45) is 2.51. The van der Waals surface area contributed by atoms with Gasteiger partial charge >= 0.3 is 0 Å². The van der Waals surface area contributed by atoms with Crippen LogP contribution in [0.4, 0.5) is 0 Å². The molecule has 3 atom stereocenters. The van der Waals surface area contributed by atoms with Crippen LogP contribution in [0.25, 0.3) is 0 Å². The van der Waals surface area contributed by atoms with E-state index in [2.05, 4.69) is 13.8 Å². The van der Waals surface area contributed by atoms with Crippen LogP contribution in [0.5, 0.6) is 0 Å². The molecule has 0 heterocycles. The summed E-state index contributed by atoms with van der Waals surface area (Å²) < 4.78 is 22.3. The van der Waals surface area contributed by atoms with Gasteiger partial charge in [-0.15, -0.1) is 0 Å². The van der Waals surface area contributed by atoms with Gasteiger partial charge < -0.3 is 0 Å². The molecule has 3 fully saturated rings. The monoisotopic (exact) mass is 245 g/mol. The van der Waals surface area contributed by atoms with E-state index >= 15 is 0 Å². The van der Waals surface area contributed by atoms with Crippen molar-refractivity contribution in [2.75, 3.05) is 5.75 Å². The molecule has 0 aromatic carbocycles. The van der Waals surface area contributed by atoms with E-state index in [1.807, 2.05) is 0 Å². The number of Topliss-reactive ketones (excluding diaryl/α,β-unsaturated/α-hetero) is 1. The zero-order valence-corrected chi connectivity index (χ0v) is 10.6. The van der Waals surface area contributed by atoms with Gasteiger partial charge in [-0.3, -0.25) is 4.79 Å². The molecular formula is C11H19NO3S. The van der Waals surface area contributed by atoms with Crippen molar-refractivity contribution in [2.45, 2.75) is 33.1 Å². The van der Waals surface area contributed by atoms with Gasteiger partial charge in [0, 0.05) is 12.3 Å². The minimum atomic E-state index is -3.47. The third kappa shape index (κ3) is 2.15. The largest absolute Gasteiger partial charge is 0.299 e. The first-order valence-electron chi connectivity index (χ1n) is 5.72. The highest BCUT2D eigenvalue weighted by atomic mass is 32.2. The van der Waals surface area contributed by atoms with E-state index in [0.717, 1.165) is 12.8 Å². The van der Waals surface area contributed by atoms with E-state index in [-0.39, 0.29) is 28.8 Å². The number of sulfonamides is 1. The maximum absolute atomic E-state index is 11.9. The van der Waals surface area contributed by atoms with Crippen LogP contribution in [0.3, 0.4) is 0 Å². The molecule has 0 aromatic heterocycles. The quantitative estimate of drug-likeness (QED) is 0.785. The Labute approximate surface area is 96.6 Å². The lowest BCUT2D eigenvalue weighted by atomic mass is 9.53. The second-order valence-corrected chi connectivity index (χ2v) is 7.69. The zero-order chi connectivity index (χ0) is 12.1. The van der Waals surface area contributed by atoms with Gasteiger partial charge in [-0.05, 0) is 30.1 Å². The third-order valence-corrected chi connectivity index (χ3v) is 4.94. The number of hydrogen-bond acceptors (Lipinski definition) is 3. The van der Waals surface area contributed by atoms with Crippen molar-refractivity contribution in [3.05, 3.63) is 0 Å². The van der Waals surface area contributed by atoms with Gasteiger partial charge in [0.1, 0.15) is 5.78 Å². The van der Waals surface area contributed by atoms with Gasteiger partial charge in [-0.1, -0.05) is 13.8 Å². The fourth-order valence-electron chi connectivity index (χ4n) is 3.88. The van der Waals surface area contributed by atoms with Crippen LogP contribution in [-0.4, -0.2) is 20.0 Å². The highest BCUT2D eigenvalue weighted by molar-refractivity contribution is 7.89. The molecule has 3 saturated carbocycles. The highest BCUT2D eigenvalue weighted by Crippen LogP contribution is 2.53. The molecule has 3 aliphatic rings. The average Bonchev–Trinajstić information content (AvgIpc) is 1.94. The first kappa shape index (κ1) is 12.0. The molecule has 0 radical (unpaired) electrons. The van der Waals surface area contributed by atoms with Crippen LogP contribution in [-0.2, 0) is 14.8 Å². The van der Waals surface area contributed by atoms with E-state index < -0.39 is 10.0 Å². The van der Waals surface area contributed by atoms with Crippen molar-refractivity contribution in [3.8, 4) is 0 Å². The Bertz CT molecular complexity index is 413. The van der Waals surface area contributed by atoms with Crippen LogP contribution in [0.1, 0.15) is 33.1 Å². The summed E-state index contributed by atoms with van der Waals surface area (Å²) in [6.45, 7) is 4.13. The number of hydrogen-bond donors (Lipinski definition) is 1. The number of primary sulfonamides is 1. The van der Waals surface area contributed by atoms with Gasteiger partial charge in [0.15, 0.2) is 0 Å². The molecule has 0 spiro atoms. The van der Waals surface area contributed by atoms with Crippen LogP contribution >= 0.6 is 0 Å². The lowest BCUT2D eigenvalue weighted by Crippen LogP contribution is -2.51. The number of carbonyl (C=O) groups is 1. The van der Waals surface area contributed by atoms with Gasteiger partial charge in [0.2, 0.25) is 10.0 Å². The first-order chi connectivity index (χ1) is 7.19. The second kappa shape index (κ2) is 3.53. The minimum absolute atomic E-state index is 0.0384. The van der Waals surface area contributed by atoms with E-state index in [0.29, 0.717) is 12.3 Å². The topological polar surface area (TPSA) is 77.2 Å². The Morgan fingerprint density at radius 1 is 1.44 bits per heavy atom. The number of carbonyl (C=O) groups excluding carboxylic acids is 1. The van der Waals surface area contributed by atoms with E-state index in [4.69, 9.17) is 5.14 Å². The molecule has 92 valence electrons. The molecule has 1 unspecified atom stereocenters. The molecule has 16 heavy (non-hydrogen) atoms. The summed E-state index contributed by atoms with van der Waals surface area (Å²) in [5, 5.41) is 5.09. The molecule has 3 aliphatic carbocycles. The standard InChI is InChI=1S/C11H19NO3S/c1-11(2)5-7-3-8(6-16(12,14)15)10(11)9(13)4-7/h7-8,10H,3-6H2,1-2H3,(H2,12,14,15)/t7-,8+,10?/m0/s1. The van der Waals surface area contributed by atoms with E-state index in [9.17, 15) is 13.2 Å². The summed E-state index contributed by atoms with van der Waals surface area (Å²) in [7, 11) is -3.47. The summed E-state index contributed by atoms with van der Waals surface area (Å²) in [5.41, 5.74) is -0.0619. The lowest BCUT2D eigenvalue weighted by Gasteiger charge is -2.51. The second-order valence-electron chi connectivity index (χ2n) is 6.03. The third-order valence-electron chi connectivity index (χ3n) is 4.05. The van der Waals surface area contributed by atoms with Crippen molar-refractivity contribution in [3.63, 3.8) is 0 Å². The minimum Gasteiger partial charge on any atom is -0.299 e. The molecule has 4 nitrogen and oxygen atoms in total. The predicted molar refractivity (Wildman–Crippen MR) is 61.1 cm³/mol. The highest BCUT2D eigenvalue weighted by Gasteiger charge is 2.51. The maximum Gasteiger partial charge on any atom is 0.209 e. The van der Waals surface area contributed by atoms with Crippen molar-refractivity contribution >= 4 is 15.8 Å². The Morgan fingerprint density at radius 2 is 2.06 bits per heavy atom. The summed E-state index contributed by atoms with van der Waals surface area (Å²) in [4.78, 5) is 11.9. The van der Waals surface area contributed by atoms with Crippen LogP contribution in [0.2, 0.25) is 0 Å². The van der Waals surface area contributed by atoms with Crippen molar-refractivity contribution in [1.29, 1.82) is 0 Å². The number of nitrogens with two attached hydrogens (primary N) is 1. The fourth-order valence-corrected chi connectivity index (χ4v) is 4.81. The predicted octanol–water partition coefficient (Wildman–Crippen LogP) is 0.916. The number of ketones is 1. The smallest absolute Gasteiger partial charge is 0.209 e. The summed E-state index contributed by atoms with van der Waals surface area (Å²) in [6, 6.07) is 0. The summed E-state index contributed by atoms with van der Waals surface area (Å²) >= 11 is 0. The van der Waals surface area contributed by atoms with Gasteiger partial charge in [0.25, 0.3) is 0 Å². The van der Waals surface area contributed by atoms with E-state index in [1.54, 1.807) is 0 Å². The lowest BCUT2D eigenvalue weighted by molar-refractivity contribution is -0.141. The number of fused-ring (bicyclic) bond motifs is 3. The molecule has 0 amide bonds. The first-order valence-corrected chi connectivity index (χ1v) is 7.44. The van der Waals surface area contributed by atoms with E-state index in [1.165, 1.54) is 0 Å². The van der Waals surface area contributed by atoms with Crippen molar-refractivity contribution in [1.82, 2.24) is 0 Å². The molecule has 0 saturated heterocycles. The molecule has 5 heteroatoms. The molecule has 2 N–H and O–H groups in total. The molecule has 0 aliphatic heterocycles. The summed E-state index contributed by atoms with van der Waals surface area (Å²) in [5.74, 6) is 0.379. The van der Waals surface area contributed by atoms with Gasteiger partial charge in [0.05, 0.1) is 5.75 Å². The Balaban J connectivity index is 2.26. The fraction of sp³-hybridized carbons (Fsp3) is 0.909. The normalized spacial score (nSPS) is 37.7. The van der Waals surface area contributed by atoms with Crippen LogP contribution in [0, 0.1) is 23.2 Å². The molecule has 2 bridgehead atoms. The average molecular weight is 245 g/mol. The number of rotatable bonds is 2. The molecule has 0 aromatic rings. The Kier molecular flexibility index (Phi) is 2.66. The van der Waals surface area contributed by atoms with Gasteiger partial charge in [-0.2, -0.15) is 0 Å². The Morgan fingerprint density at radius 3 is 2.50 bits per heavy atom. The molecule has 3 rings (SSSR count). The maximum atomic E-state index is 11.9. The van der Waals surface area contributed by atoms with Crippen LogP contribution < -0.4 is 5.14 Å². The Hall–Kier alpha value is -0.420.